The molecule has 9 heteroatoms. The summed E-state index contributed by atoms with van der Waals surface area (Å²) >= 11 is 6.63. The van der Waals surface area contributed by atoms with E-state index in [1.54, 1.807) is 36.9 Å². The Morgan fingerprint density at radius 2 is 1.74 bits per heavy atom. The first-order valence-electron chi connectivity index (χ1n) is 12.1. The maximum atomic E-state index is 13.8. The highest BCUT2D eigenvalue weighted by atomic mass is 35.5. The summed E-state index contributed by atoms with van der Waals surface area (Å²) in [6.45, 7) is 3.73. The van der Waals surface area contributed by atoms with Gasteiger partial charge >= 0.3 is 0 Å². The summed E-state index contributed by atoms with van der Waals surface area (Å²) in [4.78, 5) is 31.7. The van der Waals surface area contributed by atoms with Crippen molar-refractivity contribution in [2.75, 3.05) is 17.7 Å². The number of aromatic nitrogens is 2. The summed E-state index contributed by atoms with van der Waals surface area (Å²) < 4.78 is 7.01. The molecule has 2 amide bonds. The fourth-order valence-electron chi connectivity index (χ4n) is 4.68. The number of halogens is 1. The minimum Gasteiger partial charge on any atom is -0.495 e. The maximum absolute atomic E-state index is 13.8. The highest BCUT2D eigenvalue weighted by Crippen LogP contribution is 2.41. The highest BCUT2D eigenvalue weighted by molar-refractivity contribution is 6.31. The topological polar surface area (TPSA) is 97.6 Å². The van der Waals surface area contributed by atoms with Gasteiger partial charge in [-0.05, 0) is 55.3 Å². The van der Waals surface area contributed by atoms with Crippen LogP contribution in [0.2, 0.25) is 5.02 Å². The number of para-hydroxylation sites is 2. The molecule has 1 aromatic heterocycles. The van der Waals surface area contributed by atoms with Crippen molar-refractivity contribution < 1.29 is 14.3 Å². The monoisotopic (exact) mass is 527 g/mol. The van der Waals surface area contributed by atoms with E-state index in [-0.39, 0.29) is 11.8 Å². The van der Waals surface area contributed by atoms with Gasteiger partial charge in [-0.15, -0.1) is 0 Å². The van der Waals surface area contributed by atoms with E-state index in [1.807, 2.05) is 61.5 Å². The lowest BCUT2D eigenvalue weighted by Gasteiger charge is -2.32. The molecule has 38 heavy (non-hydrogen) atoms. The third kappa shape index (κ3) is 4.78. The molecule has 2 heterocycles. The SMILES string of the molecule is COc1ccccc1NC(=O)C1C(C)=Nc2c(C(=O)Nc3cccc(C)c3)cnn2C1c1ccccc1Cl. The van der Waals surface area contributed by atoms with Crippen LogP contribution in [0.25, 0.3) is 0 Å². The van der Waals surface area contributed by atoms with Gasteiger partial charge in [-0.25, -0.2) is 9.67 Å². The molecule has 5 rings (SSSR count). The van der Waals surface area contributed by atoms with Gasteiger partial charge in [0, 0.05) is 16.4 Å². The molecule has 4 aromatic rings. The van der Waals surface area contributed by atoms with Crippen molar-refractivity contribution in [3.63, 3.8) is 0 Å². The average molecular weight is 528 g/mol. The van der Waals surface area contributed by atoms with Gasteiger partial charge in [0.25, 0.3) is 5.91 Å². The number of carbonyl (C=O) groups excluding carboxylic acids is 2. The Balaban J connectivity index is 1.56. The Labute approximate surface area is 225 Å². The van der Waals surface area contributed by atoms with E-state index in [1.165, 1.54) is 6.20 Å². The summed E-state index contributed by atoms with van der Waals surface area (Å²) in [5.74, 6) is -0.495. The number of methoxy groups -OCH3 is 1. The van der Waals surface area contributed by atoms with E-state index in [2.05, 4.69) is 15.7 Å². The quantitative estimate of drug-likeness (QED) is 0.318. The zero-order valence-corrected chi connectivity index (χ0v) is 21.9. The first kappa shape index (κ1) is 25.2. The maximum Gasteiger partial charge on any atom is 0.261 e. The molecule has 2 atom stereocenters. The number of aliphatic imine (C=N–C) groups is 1. The fraction of sp³-hybridized carbons (Fsp3) is 0.172. The predicted molar refractivity (Wildman–Crippen MR) is 149 cm³/mol. The Bertz CT molecular complexity index is 1560. The molecule has 0 spiro atoms. The average Bonchev–Trinajstić information content (AvgIpc) is 3.32. The number of nitrogens with one attached hydrogen (secondary N) is 2. The number of carbonyl (C=O) groups is 2. The third-order valence-electron chi connectivity index (χ3n) is 6.47. The number of ether oxygens (including phenoxy) is 1. The van der Waals surface area contributed by atoms with Crippen LogP contribution in [-0.4, -0.2) is 34.4 Å². The summed E-state index contributed by atoms with van der Waals surface area (Å²) in [6, 6.07) is 21.4. The number of amides is 2. The van der Waals surface area contributed by atoms with Gasteiger partial charge in [0.1, 0.15) is 17.2 Å². The van der Waals surface area contributed by atoms with Crippen LogP contribution < -0.4 is 15.4 Å². The number of rotatable bonds is 6. The number of fused-ring (bicyclic) bond motifs is 1. The molecule has 0 saturated carbocycles. The molecule has 3 aromatic carbocycles. The van der Waals surface area contributed by atoms with Crippen LogP contribution >= 0.6 is 11.6 Å². The molecular formula is C29H26ClN5O3. The number of hydrogen-bond donors (Lipinski definition) is 2. The van der Waals surface area contributed by atoms with Gasteiger partial charge in [-0.2, -0.15) is 5.10 Å². The normalized spacial score (nSPS) is 16.3. The van der Waals surface area contributed by atoms with Gasteiger partial charge < -0.3 is 15.4 Å². The van der Waals surface area contributed by atoms with Crippen LogP contribution in [0.3, 0.4) is 0 Å². The zero-order valence-electron chi connectivity index (χ0n) is 21.1. The van der Waals surface area contributed by atoms with Crippen molar-refractivity contribution in [3.8, 4) is 5.75 Å². The lowest BCUT2D eigenvalue weighted by atomic mass is 9.87. The van der Waals surface area contributed by atoms with Crippen LogP contribution in [-0.2, 0) is 4.79 Å². The standard InChI is InChI=1S/C29H26ClN5O3/c1-17-9-8-10-19(15-17)33-28(36)21-16-31-35-26(20-11-4-5-12-22(20)30)25(18(2)32-27(21)35)29(37)34-23-13-6-7-14-24(23)38-3/h4-16,25-26H,1-3H3,(H,33,36)(H,34,37). The number of hydrogen-bond acceptors (Lipinski definition) is 5. The summed E-state index contributed by atoms with van der Waals surface area (Å²) in [5, 5.41) is 10.9. The van der Waals surface area contributed by atoms with Crippen LogP contribution in [0.5, 0.6) is 5.75 Å². The number of nitrogens with zero attached hydrogens (tertiary/aromatic N) is 3. The summed E-state index contributed by atoms with van der Waals surface area (Å²) in [5.41, 5.74) is 3.75. The van der Waals surface area contributed by atoms with Gasteiger partial charge in [-0.3, -0.25) is 9.59 Å². The van der Waals surface area contributed by atoms with E-state index in [0.717, 1.165) is 5.56 Å². The largest absolute Gasteiger partial charge is 0.495 e. The van der Waals surface area contributed by atoms with Crippen molar-refractivity contribution in [2.45, 2.75) is 19.9 Å². The van der Waals surface area contributed by atoms with E-state index in [0.29, 0.717) is 44.8 Å². The second kappa shape index (κ2) is 10.5. The molecule has 0 radical (unpaired) electrons. The molecule has 1 aliphatic heterocycles. The molecule has 8 nitrogen and oxygen atoms in total. The second-order valence-electron chi connectivity index (χ2n) is 9.04. The molecule has 1 aliphatic rings. The smallest absolute Gasteiger partial charge is 0.261 e. The zero-order chi connectivity index (χ0) is 26.8. The number of aryl methyl sites for hydroxylation is 1. The second-order valence-corrected chi connectivity index (χ2v) is 9.44. The molecule has 0 fully saturated rings. The first-order valence-corrected chi connectivity index (χ1v) is 12.4. The van der Waals surface area contributed by atoms with Crippen LogP contribution in [0.1, 0.15) is 34.5 Å². The predicted octanol–water partition coefficient (Wildman–Crippen LogP) is 6.06. The van der Waals surface area contributed by atoms with Crippen molar-refractivity contribution in [2.24, 2.45) is 10.9 Å². The number of anilines is 2. The van der Waals surface area contributed by atoms with E-state index in [9.17, 15) is 9.59 Å². The molecule has 0 aliphatic carbocycles. The molecule has 2 unspecified atom stereocenters. The van der Waals surface area contributed by atoms with Crippen LogP contribution in [0.15, 0.2) is 84.0 Å². The molecule has 0 saturated heterocycles. The number of benzene rings is 3. The van der Waals surface area contributed by atoms with Crippen molar-refractivity contribution in [1.82, 2.24) is 9.78 Å². The van der Waals surface area contributed by atoms with E-state index < -0.39 is 12.0 Å². The minimum absolute atomic E-state index is 0.298. The molecule has 2 N–H and O–H groups in total. The van der Waals surface area contributed by atoms with Gasteiger partial charge in [0.2, 0.25) is 5.91 Å². The fourth-order valence-corrected chi connectivity index (χ4v) is 4.92. The first-order chi connectivity index (χ1) is 18.4. The van der Waals surface area contributed by atoms with Crippen LogP contribution in [0, 0.1) is 12.8 Å². The lowest BCUT2D eigenvalue weighted by molar-refractivity contribution is -0.118. The minimum atomic E-state index is -0.750. The summed E-state index contributed by atoms with van der Waals surface area (Å²) in [7, 11) is 1.55. The Kier molecular flexibility index (Phi) is 6.98. The lowest BCUT2D eigenvalue weighted by Crippen LogP contribution is -2.39. The van der Waals surface area contributed by atoms with Gasteiger partial charge in [0.15, 0.2) is 5.82 Å². The molecule has 0 bridgehead atoms. The van der Waals surface area contributed by atoms with Gasteiger partial charge in [0.05, 0.1) is 25.0 Å². The molecule has 192 valence electrons. The van der Waals surface area contributed by atoms with Crippen LogP contribution in [0.4, 0.5) is 17.2 Å². The van der Waals surface area contributed by atoms with Crippen molar-refractivity contribution >= 4 is 46.3 Å². The summed E-state index contributed by atoms with van der Waals surface area (Å²) in [6.07, 6.45) is 1.47. The van der Waals surface area contributed by atoms with Gasteiger partial charge in [-0.1, -0.05) is 54.1 Å². The molecular weight excluding hydrogens is 502 g/mol. The van der Waals surface area contributed by atoms with E-state index in [4.69, 9.17) is 21.3 Å². The van der Waals surface area contributed by atoms with Crippen molar-refractivity contribution in [3.05, 3.63) is 101 Å². The Morgan fingerprint density at radius 3 is 2.50 bits per heavy atom. The van der Waals surface area contributed by atoms with Crippen molar-refractivity contribution in [1.29, 1.82) is 0 Å². The Hall–Kier alpha value is -4.43. The highest BCUT2D eigenvalue weighted by Gasteiger charge is 2.40. The third-order valence-corrected chi connectivity index (χ3v) is 6.82. The van der Waals surface area contributed by atoms with E-state index >= 15 is 0 Å². The Morgan fingerprint density at radius 1 is 0.974 bits per heavy atom.